The molecule has 24 heavy (non-hydrogen) atoms. The van der Waals surface area contributed by atoms with E-state index in [2.05, 4.69) is 4.72 Å². The molecule has 0 amide bonds. The molecular formula is C17H17FN2O3S. The molecule has 1 heterocycles. The topological polar surface area (TPSA) is 82.6 Å². The van der Waals surface area contributed by atoms with Crippen molar-refractivity contribution in [3.63, 3.8) is 0 Å². The first kappa shape index (κ1) is 17.8. The van der Waals surface area contributed by atoms with Crippen LogP contribution in [0.4, 0.5) is 10.1 Å². The largest absolute Gasteiger partial charge is 0.412 e. The van der Waals surface area contributed by atoms with Crippen LogP contribution in [0.2, 0.25) is 0 Å². The van der Waals surface area contributed by atoms with Crippen molar-refractivity contribution in [2.75, 3.05) is 11.0 Å². The van der Waals surface area contributed by atoms with E-state index in [4.69, 9.17) is 0 Å². The summed E-state index contributed by atoms with van der Waals surface area (Å²) in [5, 5.41) is 1.22. The smallest absolute Gasteiger partial charge is 0.258 e. The maximum absolute atomic E-state index is 14.4. The molecule has 7 heteroatoms. The van der Waals surface area contributed by atoms with Gasteiger partial charge in [0.25, 0.3) is 5.56 Å². The zero-order valence-electron chi connectivity index (χ0n) is 13.2. The molecule has 1 atom stereocenters. The van der Waals surface area contributed by atoms with Crippen LogP contribution in [0.15, 0.2) is 53.5 Å². The van der Waals surface area contributed by atoms with Crippen molar-refractivity contribution in [1.82, 2.24) is 4.57 Å². The fourth-order valence-corrected chi connectivity index (χ4v) is 3.05. The number of hydrogen-bond acceptors (Lipinski definition) is 2. The minimum atomic E-state index is -1.25. The van der Waals surface area contributed by atoms with Crippen molar-refractivity contribution in [3.05, 3.63) is 64.8 Å². The quantitative estimate of drug-likeness (QED) is 0.787. The van der Waals surface area contributed by atoms with Crippen molar-refractivity contribution >= 4 is 27.4 Å². The van der Waals surface area contributed by atoms with Gasteiger partial charge in [-0.25, -0.2) is 8.60 Å². The average Bonchev–Trinajstić information content (AvgIpc) is 2.52. The maximum atomic E-state index is 14.4. The SMILES string of the molecule is Cn1cc(-c2cc(NS(C)=O)ccc2F)c2ccccc2c1=O.O. The van der Waals surface area contributed by atoms with E-state index in [0.29, 0.717) is 27.6 Å². The number of anilines is 1. The molecule has 5 nitrogen and oxygen atoms in total. The molecule has 2 aromatic carbocycles. The molecule has 0 bridgehead atoms. The minimum Gasteiger partial charge on any atom is -0.412 e. The van der Waals surface area contributed by atoms with E-state index in [1.165, 1.54) is 23.0 Å². The summed E-state index contributed by atoms with van der Waals surface area (Å²) >= 11 is 0. The first-order valence-electron chi connectivity index (χ1n) is 6.96. The summed E-state index contributed by atoms with van der Waals surface area (Å²) in [4.78, 5) is 12.2. The zero-order chi connectivity index (χ0) is 16.6. The Kier molecular flexibility index (Phi) is 5.16. The number of pyridine rings is 1. The molecule has 0 radical (unpaired) electrons. The Morgan fingerprint density at radius 3 is 2.42 bits per heavy atom. The molecule has 0 aliphatic rings. The maximum Gasteiger partial charge on any atom is 0.258 e. The van der Waals surface area contributed by atoms with Gasteiger partial charge in [-0.2, -0.15) is 0 Å². The first-order chi connectivity index (χ1) is 11.0. The van der Waals surface area contributed by atoms with Crippen molar-refractivity contribution < 1.29 is 14.1 Å². The van der Waals surface area contributed by atoms with Crippen molar-refractivity contribution in [2.24, 2.45) is 7.05 Å². The number of fused-ring (bicyclic) bond motifs is 1. The average molecular weight is 348 g/mol. The van der Waals surface area contributed by atoms with Crippen LogP contribution in [-0.4, -0.2) is 20.5 Å². The van der Waals surface area contributed by atoms with Crippen LogP contribution in [0.5, 0.6) is 0 Å². The van der Waals surface area contributed by atoms with E-state index in [-0.39, 0.29) is 11.0 Å². The van der Waals surface area contributed by atoms with Gasteiger partial charge in [0, 0.05) is 41.7 Å². The van der Waals surface area contributed by atoms with E-state index in [1.54, 1.807) is 37.5 Å². The second-order valence-corrected chi connectivity index (χ2v) is 6.37. The predicted molar refractivity (Wildman–Crippen MR) is 95.9 cm³/mol. The molecule has 0 fully saturated rings. The molecular weight excluding hydrogens is 331 g/mol. The number of aromatic nitrogens is 1. The van der Waals surface area contributed by atoms with Gasteiger partial charge in [-0.15, -0.1) is 0 Å². The van der Waals surface area contributed by atoms with Gasteiger partial charge in [-0.1, -0.05) is 18.2 Å². The highest BCUT2D eigenvalue weighted by atomic mass is 32.2. The van der Waals surface area contributed by atoms with Gasteiger partial charge >= 0.3 is 0 Å². The van der Waals surface area contributed by atoms with E-state index >= 15 is 0 Å². The van der Waals surface area contributed by atoms with Gasteiger partial charge in [0.2, 0.25) is 0 Å². The van der Waals surface area contributed by atoms with E-state index in [9.17, 15) is 13.4 Å². The molecule has 126 valence electrons. The fraction of sp³-hybridized carbons (Fsp3) is 0.118. The van der Waals surface area contributed by atoms with Gasteiger partial charge in [-0.3, -0.25) is 4.79 Å². The van der Waals surface area contributed by atoms with E-state index < -0.39 is 16.8 Å². The molecule has 0 saturated heterocycles. The van der Waals surface area contributed by atoms with Crippen LogP contribution >= 0.6 is 0 Å². The molecule has 1 aromatic heterocycles. The molecule has 0 spiro atoms. The van der Waals surface area contributed by atoms with Crippen LogP contribution in [-0.2, 0) is 18.0 Å². The highest BCUT2D eigenvalue weighted by Crippen LogP contribution is 2.30. The van der Waals surface area contributed by atoms with Crippen LogP contribution in [0.3, 0.4) is 0 Å². The molecule has 0 saturated carbocycles. The summed E-state index contributed by atoms with van der Waals surface area (Å²) in [6.45, 7) is 0. The Morgan fingerprint density at radius 1 is 1.08 bits per heavy atom. The summed E-state index contributed by atoms with van der Waals surface area (Å²) in [5.74, 6) is -0.402. The number of halogens is 1. The molecule has 0 aliphatic heterocycles. The fourth-order valence-electron chi connectivity index (χ4n) is 2.59. The second-order valence-electron chi connectivity index (χ2n) is 5.26. The van der Waals surface area contributed by atoms with Crippen LogP contribution in [0.1, 0.15) is 0 Å². The van der Waals surface area contributed by atoms with Gasteiger partial charge in [0.05, 0.1) is 0 Å². The van der Waals surface area contributed by atoms with Crippen molar-refractivity contribution in [3.8, 4) is 11.1 Å². The number of rotatable bonds is 3. The number of benzene rings is 2. The second kappa shape index (κ2) is 6.94. The normalized spacial score (nSPS) is 11.8. The summed E-state index contributed by atoms with van der Waals surface area (Å²) in [5.41, 5.74) is 1.40. The van der Waals surface area contributed by atoms with Gasteiger partial charge in [0.15, 0.2) is 0 Å². The molecule has 3 N–H and O–H groups in total. The van der Waals surface area contributed by atoms with Crippen LogP contribution in [0, 0.1) is 5.82 Å². The van der Waals surface area contributed by atoms with Crippen LogP contribution < -0.4 is 10.3 Å². The predicted octanol–water partition coefficient (Wildman–Crippen LogP) is 2.23. The molecule has 3 aromatic rings. The van der Waals surface area contributed by atoms with Crippen molar-refractivity contribution in [1.29, 1.82) is 0 Å². The van der Waals surface area contributed by atoms with Crippen molar-refractivity contribution in [2.45, 2.75) is 0 Å². The third-order valence-electron chi connectivity index (χ3n) is 3.61. The summed E-state index contributed by atoms with van der Waals surface area (Å²) in [7, 11) is 0.388. The van der Waals surface area contributed by atoms with E-state index in [1.807, 2.05) is 6.07 Å². The monoisotopic (exact) mass is 348 g/mol. The summed E-state index contributed by atoms with van der Waals surface area (Å²) in [6.07, 6.45) is 3.13. The molecule has 1 unspecified atom stereocenters. The van der Waals surface area contributed by atoms with Gasteiger partial charge < -0.3 is 14.8 Å². The minimum absolute atomic E-state index is 0. The Balaban J connectivity index is 0.00000208. The number of nitrogens with zero attached hydrogens (tertiary/aromatic N) is 1. The number of nitrogens with one attached hydrogen (secondary N) is 1. The number of aryl methyl sites for hydroxylation is 1. The standard InChI is InChI=1S/C17H15FN2O2S.H2O/c1-20-10-15(12-5-3-4-6-13(12)17(20)21)14-9-11(19-23(2)22)7-8-16(14)18;/h3-10,19H,1-2H3;1H2. The highest BCUT2D eigenvalue weighted by Gasteiger charge is 2.13. The Bertz CT molecular complexity index is 985. The lowest BCUT2D eigenvalue weighted by Gasteiger charge is -2.12. The Labute approximate surface area is 140 Å². The Hall–Kier alpha value is -2.51. The Morgan fingerprint density at radius 2 is 1.75 bits per heavy atom. The lowest BCUT2D eigenvalue weighted by molar-refractivity contribution is 0.631. The molecule has 3 rings (SSSR count). The summed E-state index contributed by atoms with van der Waals surface area (Å²) in [6, 6.07) is 11.6. The molecule has 0 aliphatic carbocycles. The third kappa shape index (κ3) is 3.22. The first-order valence-corrected chi connectivity index (χ1v) is 8.51. The lowest BCUT2D eigenvalue weighted by Crippen LogP contribution is -2.16. The van der Waals surface area contributed by atoms with Gasteiger partial charge in [0.1, 0.15) is 16.8 Å². The number of hydrogen-bond donors (Lipinski definition) is 1. The third-order valence-corrected chi connectivity index (χ3v) is 4.13. The van der Waals surface area contributed by atoms with Crippen LogP contribution in [0.25, 0.3) is 21.9 Å². The highest BCUT2D eigenvalue weighted by molar-refractivity contribution is 7.85. The lowest BCUT2D eigenvalue weighted by atomic mass is 10.00. The van der Waals surface area contributed by atoms with Gasteiger partial charge in [-0.05, 0) is 29.7 Å². The van der Waals surface area contributed by atoms with E-state index in [0.717, 1.165) is 0 Å². The zero-order valence-corrected chi connectivity index (χ0v) is 14.0. The summed E-state index contributed by atoms with van der Waals surface area (Å²) < 4.78 is 29.9.